The molecule has 0 aliphatic heterocycles. The van der Waals surface area contributed by atoms with Gasteiger partial charge in [0.1, 0.15) is 0 Å². The van der Waals surface area contributed by atoms with E-state index in [1.807, 2.05) is 0 Å². The SMILES string of the molecule is CC[C@H]1C=C(C)C(C)=C[C@H]1CC. The molecule has 0 fully saturated rings. The van der Waals surface area contributed by atoms with Gasteiger partial charge >= 0.3 is 0 Å². The summed E-state index contributed by atoms with van der Waals surface area (Å²) >= 11 is 0. The van der Waals surface area contributed by atoms with Crippen molar-refractivity contribution in [2.45, 2.75) is 40.5 Å². The van der Waals surface area contributed by atoms with Crippen LogP contribution in [0.3, 0.4) is 0 Å². The van der Waals surface area contributed by atoms with E-state index in [1.165, 1.54) is 24.0 Å². The summed E-state index contributed by atoms with van der Waals surface area (Å²) in [6.07, 6.45) is 7.45. The summed E-state index contributed by atoms with van der Waals surface area (Å²) < 4.78 is 0. The van der Waals surface area contributed by atoms with Gasteiger partial charge in [-0.3, -0.25) is 0 Å². The van der Waals surface area contributed by atoms with Gasteiger partial charge in [-0.2, -0.15) is 0 Å². The minimum Gasteiger partial charge on any atom is -0.0777 e. The molecule has 0 nitrogen and oxygen atoms in total. The van der Waals surface area contributed by atoms with Crippen LogP contribution in [0.2, 0.25) is 0 Å². The van der Waals surface area contributed by atoms with Crippen LogP contribution in [0.25, 0.3) is 0 Å². The molecule has 0 radical (unpaired) electrons. The fraction of sp³-hybridized carbons (Fsp3) is 0.667. The van der Waals surface area contributed by atoms with Crippen molar-refractivity contribution < 1.29 is 0 Å². The monoisotopic (exact) mass is 164 g/mol. The van der Waals surface area contributed by atoms with Crippen LogP contribution in [-0.2, 0) is 0 Å². The van der Waals surface area contributed by atoms with Crippen molar-refractivity contribution in [1.82, 2.24) is 0 Å². The first kappa shape index (κ1) is 9.57. The Morgan fingerprint density at radius 3 is 1.50 bits per heavy atom. The maximum atomic E-state index is 2.45. The molecule has 0 heterocycles. The van der Waals surface area contributed by atoms with Crippen molar-refractivity contribution in [3.63, 3.8) is 0 Å². The van der Waals surface area contributed by atoms with E-state index in [4.69, 9.17) is 0 Å². The van der Waals surface area contributed by atoms with Crippen LogP contribution in [0.5, 0.6) is 0 Å². The minimum atomic E-state index is 0.790. The smallest absolute Gasteiger partial charge is 0.0167 e. The molecule has 0 saturated carbocycles. The third-order valence-corrected chi connectivity index (χ3v) is 3.04. The number of rotatable bonds is 2. The molecule has 0 N–H and O–H groups in total. The normalized spacial score (nSPS) is 29.7. The zero-order valence-corrected chi connectivity index (χ0v) is 8.72. The molecule has 1 rings (SSSR count). The molecule has 0 heteroatoms. The summed E-state index contributed by atoms with van der Waals surface area (Å²) in [5.74, 6) is 1.58. The number of allylic oxidation sites excluding steroid dienone is 4. The Labute approximate surface area is 76.4 Å². The highest BCUT2D eigenvalue weighted by molar-refractivity contribution is 5.32. The highest BCUT2D eigenvalue weighted by Crippen LogP contribution is 2.31. The topological polar surface area (TPSA) is 0 Å². The summed E-state index contributed by atoms with van der Waals surface area (Å²) in [4.78, 5) is 0. The Morgan fingerprint density at radius 1 is 0.917 bits per heavy atom. The lowest BCUT2D eigenvalue weighted by Gasteiger charge is -2.25. The van der Waals surface area contributed by atoms with Crippen LogP contribution in [0.15, 0.2) is 23.3 Å². The molecular formula is C12H20. The molecule has 1 aliphatic carbocycles. The Hall–Kier alpha value is -0.520. The van der Waals surface area contributed by atoms with E-state index in [0.29, 0.717) is 0 Å². The van der Waals surface area contributed by atoms with Gasteiger partial charge in [0, 0.05) is 0 Å². The summed E-state index contributed by atoms with van der Waals surface area (Å²) in [6.45, 7) is 9.01. The van der Waals surface area contributed by atoms with E-state index < -0.39 is 0 Å². The highest BCUT2D eigenvalue weighted by Gasteiger charge is 2.18. The van der Waals surface area contributed by atoms with E-state index in [1.54, 1.807) is 0 Å². The van der Waals surface area contributed by atoms with Gasteiger partial charge in [-0.15, -0.1) is 0 Å². The summed E-state index contributed by atoms with van der Waals surface area (Å²) in [5, 5.41) is 0. The van der Waals surface area contributed by atoms with Gasteiger partial charge < -0.3 is 0 Å². The zero-order chi connectivity index (χ0) is 9.14. The van der Waals surface area contributed by atoms with Crippen molar-refractivity contribution >= 4 is 0 Å². The van der Waals surface area contributed by atoms with E-state index in [2.05, 4.69) is 39.8 Å². The lowest BCUT2D eigenvalue weighted by Crippen LogP contribution is -2.13. The Bertz CT molecular complexity index is 184. The largest absolute Gasteiger partial charge is 0.0777 e. The standard InChI is InChI=1S/C12H20/c1-5-11-7-9(3)10(4)8-12(11)6-2/h7-8,11-12H,5-6H2,1-4H3/t11-,12+. The molecule has 0 bridgehead atoms. The third kappa shape index (κ3) is 1.80. The predicted molar refractivity (Wildman–Crippen MR) is 55.1 cm³/mol. The molecule has 1 aliphatic rings. The molecule has 0 aromatic carbocycles. The maximum absolute atomic E-state index is 2.45. The second-order valence-electron chi connectivity index (χ2n) is 3.84. The van der Waals surface area contributed by atoms with Crippen LogP contribution in [0, 0.1) is 11.8 Å². The van der Waals surface area contributed by atoms with Gasteiger partial charge in [0.25, 0.3) is 0 Å². The van der Waals surface area contributed by atoms with Gasteiger partial charge in [-0.05, 0) is 38.5 Å². The van der Waals surface area contributed by atoms with Gasteiger partial charge in [0.2, 0.25) is 0 Å². The summed E-state index contributed by atoms with van der Waals surface area (Å²) in [6, 6.07) is 0. The van der Waals surface area contributed by atoms with Crippen molar-refractivity contribution in [1.29, 1.82) is 0 Å². The van der Waals surface area contributed by atoms with Gasteiger partial charge in [0.05, 0.1) is 0 Å². The van der Waals surface area contributed by atoms with E-state index >= 15 is 0 Å². The number of hydrogen-bond donors (Lipinski definition) is 0. The maximum Gasteiger partial charge on any atom is -0.0167 e. The van der Waals surface area contributed by atoms with E-state index in [0.717, 1.165) is 11.8 Å². The summed E-state index contributed by atoms with van der Waals surface area (Å²) in [5.41, 5.74) is 2.96. The van der Waals surface area contributed by atoms with Crippen LogP contribution < -0.4 is 0 Å². The third-order valence-electron chi connectivity index (χ3n) is 3.04. The van der Waals surface area contributed by atoms with Crippen LogP contribution in [-0.4, -0.2) is 0 Å². The first-order valence-electron chi connectivity index (χ1n) is 5.06. The first-order valence-corrected chi connectivity index (χ1v) is 5.06. The minimum absolute atomic E-state index is 0.790. The van der Waals surface area contributed by atoms with Crippen LogP contribution in [0.4, 0.5) is 0 Å². The average Bonchev–Trinajstić information content (AvgIpc) is 2.09. The van der Waals surface area contributed by atoms with Crippen molar-refractivity contribution in [2.75, 3.05) is 0 Å². The number of hydrogen-bond acceptors (Lipinski definition) is 0. The average molecular weight is 164 g/mol. The van der Waals surface area contributed by atoms with Gasteiger partial charge in [0.15, 0.2) is 0 Å². The van der Waals surface area contributed by atoms with Crippen LogP contribution in [0.1, 0.15) is 40.5 Å². The van der Waals surface area contributed by atoms with Crippen molar-refractivity contribution in [3.05, 3.63) is 23.3 Å². The van der Waals surface area contributed by atoms with Crippen LogP contribution >= 0.6 is 0 Å². The Kier molecular flexibility index (Phi) is 3.13. The molecule has 0 saturated heterocycles. The Balaban J connectivity index is 2.80. The Morgan fingerprint density at radius 2 is 1.25 bits per heavy atom. The second kappa shape index (κ2) is 3.93. The second-order valence-corrected chi connectivity index (χ2v) is 3.84. The van der Waals surface area contributed by atoms with Gasteiger partial charge in [-0.25, -0.2) is 0 Å². The fourth-order valence-electron chi connectivity index (χ4n) is 1.99. The van der Waals surface area contributed by atoms with Crippen molar-refractivity contribution in [2.24, 2.45) is 11.8 Å². The molecule has 0 amide bonds. The van der Waals surface area contributed by atoms with E-state index in [-0.39, 0.29) is 0 Å². The lowest BCUT2D eigenvalue weighted by molar-refractivity contribution is 0.439. The van der Waals surface area contributed by atoms with Gasteiger partial charge in [-0.1, -0.05) is 37.1 Å². The molecule has 0 spiro atoms. The lowest BCUT2D eigenvalue weighted by atomic mass is 9.80. The quantitative estimate of drug-likeness (QED) is 0.580. The zero-order valence-electron chi connectivity index (χ0n) is 8.72. The first-order chi connectivity index (χ1) is 5.69. The molecule has 0 aromatic heterocycles. The highest BCUT2D eigenvalue weighted by atomic mass is 14.2. The molecule has 2 atom stereocenters. The molecule has 0 aromatic rings. The summed E-state index contributed by atoms with van der Waals surface area (Å²) in [7, 11) is 0. The fourth-order valence-corrected chi connectivity index (χ4v) is 1.99. The molecular weight excluding hydrogens is 144 g/mol. The predicted octanol–water partition coefficient (Wildman–Crippen LogP) is 3.95. The molecule has 68 valence electrons. The van der Waals surface area contributed by atoms with Crippen molar-refractivity contribution in [3.8, 4) is 0 Å². The van der Waals surface area contributed by atoms with E-state index in [9.17, 15) is 0 Å². The molecule has 12 heavy (non-hydrogen) atoms. The molecule has 0 unspecified atom stereocenters.